The van der Waals surface area contributed by atoms with Gasteiger partial charge in [-0.15, -0.1) is 0 Å². The molecule has 1 saturated heterocycles. The Morgan fingerprint density at radius 1 is 1.06 bits per heavy atom. The van der Waals surface area contributed by atoms with Crippen LogP contribution in [0.4, 0.5) is 0 Å². The van der Waals surface area contributed by atoms with Crippen molar-refractivity contribution >= 4 is 11.6 Å². The van der Waals surface area contributed by atoms with Crippen LogP contribution >= 0.6 is 0 Å². The van der Waals surface area contributed by atoms with Crippen molar-refractivity contribution in [3.05, 3.63) is 78.0 Å². The highest BCUT2D eigenvalue weighted by Crippen LogP contribution is 2.41. The number of carbonyl (C=O) groups excluding carboxylic acids is 1. The van der Waals surface area contributed by atoms with E-state index in [9.17, 15) is 4.79 Å². The van der Waals surface area contributed by atoms with Crippen molar-refractivity contribution in [2.45, 2.75) is 24.9 Å². The van der Waals surface area contributed by atoms with E-state index in [1.807, 2.05) is 41.4 Å². The lowest BCUT2D eigenvalue weighted by Crippen LogP contribution is -2.49. The smallest absolute Gasteiger partial charge is 0.274 e. The van der Waals surface area contributed by atoms with E-state index in [1.54, 1.807) is 29.0 Å². The fourth-order valence-electron chi connectivity index (χ4n) is 4.68. The molecule has 2 aliphatic heterocycles. The van der Waals surface area contributed by atoms with Crippen molar-refractivity contribution in [3.63, 3.8) is 0 Å². The summed E-state index contributed by atoms with van der Waals surface area (Å²) in [4.78, 5) is 28.7. The molecule has 0 saturated carbocycles. The first kappa shape index (κ1) is 19.1. The second-order valence-corrected chi connectivity index (χ2v) is 8.27. The predicted molar refractivity (Wildman–Crippen MR) is 117 cm³/mol. The van der Waals surface area contributed by atoms with Crippen molar-refractivity contribution in [2.24, 2.45) is 0 Å². The van der Waals surface area contributed by atoms with Crippen LogP contribution in [0.25, 0.3) is 17.0 Å². The molecule has 5 heterocycles. The molecule has 0 aliphatic carbocycles. The lowest BCUT2D eigenvalue weighted by atomic mass is 9.83. The van der Waals surface area contributed by atoms with Crippen molar-refractivity contribution in [1.82, 2.24) is 29.5 Å². The normalized spacial score (nSPS) is 17.4. The van der Waals surface area contributed by atoms with Crippen molar-refractivity contribution in [1.29, 1.82) is 0 Å². The summed E-state index contributed by atoms with van der Waals surface area (Å²) >= 11 is 0. The molecule has 2 aliphatic rings. The number of piperidine rings is 1. The Morgan fingerprint density at radius 3 is 2.72 bits per heavy atom. The summed E-state index contributed by atoms with van der Waals surface area (Å²) in [6.07, 6.45) is 7.63. The fraction of sp³-hybridized carbons (Fsp3) is 0.292. The topological polar surface area (TPSA) is 85.5 Å². The van der Waals surface area contributed by atoms with Crippen molar-refractivity contribution in [3.8, 4) is 11.4 Å². The molecular formula is C24H22N6O2. The van der Waals surface area contributed by atoms with Gasteiger partial charge in [0.05, 0.1) is 12.3 Å². The first-order valence-corrected chi connectivity index (χ1v) is 10.9. The molecule has 1 fully saturated rings. The average Bonchev–Trinajstić information content (AvgIpc) is 3.29. The van der Waals surface area contributed by atoms with Gasteiger partial charge < -0.3 is 9.64 Å². The number of rotatable bonds is 2. The molecule has 3 aromatic heterocycles. The maximum atomic E-state index is 13.1. The van der Waals surface area contributed by atoms with Gasteiger partial charge in [-0.3, -0.25) is 4.79 Å². The molecule has 0 bridgehead atoms. The number of carbonyl (C=O) groups is 1. The summed E-state index contributed by atoms with van der Waals surface area (Å²) in [5.41, 5.74) is 3.71. The zero-order valence-electron chi connectivity index (χ0n) is 17.5. The van der Waals surface area contributed by atoms with Gasteiger partial charge in [0.1, 0.15) is 5.60 Å². The summed E-state index contributed by atoms with van der Waals surface area (Å²) in [5.74, 6) is 0.638. The number of hydrogen-bond donors (Lipinski definition) is 0. The Balaban J connectivity index is 1.26. The van der Waals surface area contributed by atoms with Crippen LogP contribution in [0, 0.1) is 0 Å². The first-order valence-electron chi connectivity index (χ1n) is 10.9. The summed E-state index contributed by atoms with van der Waals surface area (Å²) in [5, 5.41) is 4.38. The van der Waals surface area contributed by atoms with E-state index in [-0.39, 0.29) is 5.91 Å². The van der Waals surface area contributed by atoms with Crippen LogP contribution in [0.2, 0.25) is 0 Å². The highest BCUT2D eigenvalue weighted by molar-refractivity contribution is 5.93. The van der Waals surface area contributed by atoms with Crippen molar-refractivity contribution < 1.29 is 9.53 Å². The van der Waals surface area contributed by atoms with Crippen LogP contribution in [0.1, 0.15) is 34.6 Å². The summed E-state index contributed by atoms with van der Waals surface area (Å²) in [6, 6.07) is 13.5. The number of ether oxygens (including phenoxy) is 1. The molecule has 0 atom stereocenters. The van der Waals surface area contributed by atoms with Gasteiger partial charge in [-0.05, 0) is 30.9 Å². The van der Waals surface area contributed by atoms with Gasteiger partial charge in [0.2, 0.25) is 0 Å². The van der Waals surface area contributed by atoms with Gasteiger partial charge in [0.15, 0.2) is 17.2 Å². The van der Waals surface area contributed by atoms with Gasteiger partial charge in [0, 0.05) is 43.3 Å². The maximum absolute atomic E-state index is 13.1. The van der Waals surface area contributed by atoms with E-state index >= 15 is 0 Å². The monoisotopic (exact) mass is 426 g/mol. The van der Waals surface area contributed by atoms with Gasteiger partial charge in [-0.1, -0.05) is 30.3 Å². The Labute approximate surface area is 184 Å². The van der Waals surface area contributed by atoms with Crippen LogP contribution in [0.5, 0.6) is 0 Å². The van der Waals surface area contributed by atoms with Gasteiger partial charge in [-0.2, -0.15) is 5.10 Å². The minimum atomic E-state index is -0.475. The largest absolute Gasteiger partial charge is 0.368 e. The molecule has 0 unspecified atom stereocenters. The Hall–Kier alpha value is -3.65. The lowest BCUT2D eigenvalue weighted by Gasteiger charge is -2.44. The molecular weight excluding hydrogens is 404 g/mol. The summed E-state index contributed by atoms with van der Waals surface area (Å²) in [7, 11) is 0. The standard InChI is InChI=1S/C24H22N6O2/c31-23(19-15-20-25-10-4-11-30(20)28-19)29-12-8-24(9-13-29)21-18(7-14-32-24)16-26-22(27-21)17-5-2-1-3-6-17/h1-6,10-11,15-16H,7-9,12-14H2. The SMILES string of the molecule is O=C(c1cc2ncccn2n1)N1CCC2(CC1)OCCc1cnc(-c3ccccc3)nc12. The third-order valence-corrected chi connectivity index (χ3v) is 6.39. The quantitative estimate of drug-likeness (QED) is 0.490. The summed E-state index contributed by atoms with van der Waals surface area (Å²) < 4.78 is 7.97. The molecule has 8 heteroatoms. The third kappa shape index (κ3) is 3.15. The molecule has 0 N–H and O–H groups in total. The predicted octanol–water partition coefficient (Wildman–Crippen LogP) is 2.89. The maximum Gasteiger partial charge on any atom is 0.274 e. The van der Waals surface area contributed by atoms with Crippen LogP contribution in [-0.4, -0.2) is 55.1 Å². The molecule has 160 valence electrons. The number of hydrogen-bond acceptors (Lipinski definition) is 6. The molecule has 6 rings (SSSR count). The Morgan fingerprint density at radius 2 is 1.91 bits per heavy atom. The fourth-order valence-corrected chi connectivity index (χ4v) is 4.68. The highest BCUT2D eigenvalue weighted by Gasteiger charge is 2.43. The van der Waals surface area contributed by atoms with Gasteiger partial charge in [0.25, 0.3) is 5.91 Å². The Bertz CT molecular complexity index is 1260. The molecule has 4 aromatic rings. The molecule has 0 radical (unpaired) electrons. The molecule has 1 aromatic carbocycles. The van der Waals surface area contributed by atoms with Gasteiger partial charge >= 0.3 is 0 Å². The van der Waals surface area contributed by atoms with E-state index in [0.29, 0.717) is 49.7 Å². The zero-order chi connectivity index (χ0) is 21.5. The number of likely N-dealkylation sites (tertiary alicyclic amines) is 1. The number of fused-ring (bicyclic) bond motifs is 3. The highest BCUT2D eigenvalue weighted by atomic mass is 16.5. The van der Waals surface area contributed by atoms with E-state index in [4.69, 9.17) is 9.72 Å². The van der Waals surface area contributed by atoms with E-state index in [0.717, 1.165) is 23.2 Å². The molecule has 1 amide bonds. The number of nitrogens with zero attached hydrogens (tertiary/aromatic N) is 6. The van der Waals surface area contributed by atoms with Crippen molar-refractivity contribution in [2.75, 3.05) is 19.7 Å². The molecule has 32 heavy (non-hydrogen) atoms. The molecule has 1 spiro atoms. The number of amides is 1. The van der Waals surface area contributed by atoms with E-state index in [1.165, 1.54) is 0 Å². The van der Waals surface area contributed by atoms with E-state index in [2.05, 4.69) is 15.1 Å². The van der Waals surface area contributed by atoms with E-state index < -0.39 is 5.60 Å². The first-order chi connectivity index (χ1) is 15.7. The Kier molecular flexibility index (Phi) is 4.46. The van der Waals surface area contributed by atoms with Crippen LogP contribution < -0.4 is 0 Å². The second-order valence-electron chi connectivity index (χ2n) is 8.27. The minimum absolute atomic E-state index is 0.0750. The number of aromatic nitrogens is 5. The van der Waals surface area contributed by atoms with Crippen LogP contribution in [0.3, 0.4) is 0 Å². The third-order valence-electron chi connectivity index (χ3n) is 6.39. The van der Waals surface area contributed by atoms with Crippen LogP contribution in [-0.2, 0) is 16.8 Å². The van der Waals surface area contributed by atoms with Gasteiger partial charge in [-0.25, -0.2) is 19.5 Å². The number of benzene rings is 1. The molecule has 8 nitrogen and oxygen atoms in total. The van der Waals surface area contributed by atoms with Crippen LogP contribution in [0.15, 0.2) is 61.1 Å². The minimum Gasteiger partial charge on any atom is -0.368 e. The second kappa shape index (κ2) is 7.49. The average molecular weight is 426 g/mol. The lowest BCUT2D eigenvalue weighted by molar-refractivity contribution is -0.0967. The summed E-state index contributed by atoms with van der Waals surface area (Å²) in [6.45, 7) is 1.82. The zero-order valence-corrected chi connectivity index (χ0v) is 17.5.